The van der Waals surface area contributed by atoms with Gasteiger partial charge in [-0.2, -0.15) is 0 Å². The Kier molecular flexibility index (Phi) is 6.62. The second-order valence-corrected chi connectivity index (χ2v) is 5.84. The van der Waals surface area contributed by atoms with Crippen LogP contribution in [0.15, 0.2) is 24.3 Å². The van der Waals surface area contributed by atoms with Crippen molar-refractivity contribution in [3.63, 3.8) is 0 Å². The fraction of sp³-hybridized carbons (Fsp3) is 0.357. The predicted molar refractivity (Wildman–Crippen MR) is 79.1 cm³/mol. The smallest absolute Gasteiger partial charge is 0.463 e. The third-order valence-electron chi connectivity index (χ3n) is 2.51. The van der Waals surface area contributed by atoms with Crippen LogP contribution in [0.2, 0.25) is 0 Å². The van der Waals surface area contributed by atoms with E-state index in [0.717, 1.165) is 5.56 Å². The van der Waals surface area contributed by atoms with E-state index in [9.17, 15) is 9.36 Å². The molecule has 0 heterocycles. The largest absolute Gasteiger partial charge is 0.529 e. The molecule has 0 bridgehead atoms. The van der Waals surface area contributed by atoms with Crippen molar-refractivity contribution >= 4 is 19.9 Å². The van der Waals surface area contributed by atoms with E-state index >= 15 is 0 Å². The van der Waals surface area contributed by atoms with E-state index < -0.39 is 13.8 Å². The van der Waals surface area contributed by atoms with Crippen LogP contribution in [-0.4, -0.2) is 26.8 Å². The van der Waals surface area contributed by atoms with E-state index in [0.29, 0.717) is 17.9 Å². The zero-order chi connectivity index (χ0) is 15.9. The third kappa shape index (κ3) is 5.34. The number of benzene rings is 1. The zero-order valence-corrected chi connectivity index (χ0v) is 13.4. The van der Waals surface area contributed by atoms with Gasteiger partial charge in [0.15, 0.2) is 0 Å². The average Bonchev–Trinajstić information content (AvgIpc) is 2.46. The Labute approximate surface area is 124 Å². The van der Waals surface area contributed by atoms with Crippen LogP contribution in [0.5, 0.6) is 5.75 Å². The van der Waals surface area contributed by atoms with Gasteiger partial charge in [-0.15, -0.1) is 0 Å². The highest BCUT2D eigenvalue weighted by Gasteiger charge is 2.25. The molecule has 6 nitrogen and oxygen atoms in total. The van der Waals surface area contributed by atoms with Gasteiger partial charge in [-0.3, -0.25) is 9.05 Å². The van der Waals surface area contributed by atoms with Gasteiger partial charge in [-0.05, 0) is 31.6 Å². The molecule has 1 aromatic carbocycles. The third-order valence-corrected chi connectivity index (χ3v) is 3.83. The van der Waals surface area contributed by atoms with Gasteiger partial charge in [0.25, 0.3) is 0 Å². The zero-order valence-electron chi connectivity index (χ0n) is 12.5. The van der Waals surface area contributed by atoms with Crippen molar-refractivity contribution in [1.82, 2.24) is 0 Å². The monoisotopic (exact) mass is 314 g/mol. The Bertz CT molecular complexity index is 559. The topological polar surface area (TPSA) is 71.1 Å². The van der Waals surface area contributed by atoms with Crippen molar-refractivity contribution in [3.8, 4) is 5.75 Å². The molecule has 7 heteroatoms. The lowest BCUT2D eigenvalue weighted by molar-refractivity contribution is -0.137. The summed E-state index contributed by atoms with van der Waals surface area (Å²) in [6.45, 7) is 3.87. The van der Waals surface area contributed by atoms with E-state index in [-0.39, 0.29) is 0 Å². The summed E-state index contributed by atoms with van der Waals surface area (Å²) in [5.41, 5.74) is 1.46. The van der Waals surface area contributed by atoms with E-state index in [4.69, 9.17) is 18.3 Å². The summed E-state index contributed by atoms with van der Waals surface area (Å²) in [5.74, 6) is -0.173. The number of aryl methyl sites for hydroxylation is 1. The lowest BCUT2D eigenvalue weighted by Gasteiger charge is -2.16. The summed E-state index contributed by atoms with van der Waals surface area (Å²) in [5, 5.41) is 0. The first-order chi connectivity index (χ1) is 9.94. The van der Waals surface area contributed by atoms with E-state index in [1.165, 1.54) is 26.4 Å². The highest BCUT2D eigenvalue weighted by molar-refractivity contribution is 7.48. The van der Waals surface area contributed by atoms with Gasteiger partial charge in [0.05, 0.1) is 6.61 Å². The van der Waals surface area contributed by atoms with Crippen molar-refractivity contribution < 1.29 is 27.7 Å². The summed E-state index contributed by atoms with van der Waals surface area (Å²) in [7, 11) is -1.20. The predicted octanol–water partition coefficient (Wildman–Crippen LogP) is 3.35. The first kappa shape index (κ1) is 17.4. The molecule has 21 heavy (non-hydrogen) atoms. The van der Waals surface area contributed by atoms with Crippen molar-refractivity contribution in [2.75, 3.05) is 20.8 Å². The Morgan fingerprint density at radius 3 is 2.52 bits per heavy atom. The quantitative estimate of drug-likeness (QED) is 0.436. The van der Waals surface area contributed by atoms with Crippen LogP contribution in [0.1, 0.15) is 18.1 Å². The number of hydrogen-bond donors (Lipinski definition) is 0. The molecule has 0 unspecified atom stereocenters. The summed E-state index contributed by atoms with van der Waals surface area (Å²) in [4.78, 5) is 11.3. The van der Waals surface area contributed by atoms with Crippen LogP contribution in [0, 0.1) is 6.92 Å². The molecule has 0 aliphatic heterocycles. The number of esters is 1. The molecular formula is C14H19O6P. The van der Waals surface area contributed by atoms with Crippen molar-refractivity contribution in [2.24, 2.45) is 0 Å². The minimum absolute atomic E-state index is 0.294. The fourth-order valence-electron chi connectivity index (χ4n) is 1.48. The number of phosphoric ester groups is 1. The van der Waals surface area contributed by atoms with Crippen LogP contribution < -0.4 is 4.52 Å². The maximum absolute atomic E-state index is 12.0. The van der Waals surface area contributed by atoms with Crippen LogP contribution in [-0.2, 0) is 23.1 Å². The molecule has 0 spiro atoms. The maximum atomic E-state index is 12.0. The standard InChI is InChI=1S/C14H19O6P/c1-5-19-14(15)9-8-12-7-6-11(2)10-13(12)20-21(16,17-3)18-4/h6-10H,5H2,1-4H3/b9-8+. The van der Waals surface area contributed by atoms with Crippen LogP contribution in [0.25, 0.3) is 6.08 Å². The Balaban J connectivity index is 3.05. The Hall–Kier alpha value is -1.62. The number of hydrogen-bond acceptors (Lipinski definition) is 6. The molecular weight excluding hydrogens is 295 g/mol. The summed E-state index contributed by atoms with van der Waals surface area (Å²) in [6.07, 6.45) is 2.79. The molecule has 0 radical (unpaired) electrons. The first-order valence-corrected chi connectivity index (χ1v) is 7.76. The molecule has 0 aromatic heterocycles. The number of rotatable bonds is 7. The minimum Gasteiger partial charge on any atom is -0.463 e. The van der Waals surface area contributed by atoms with Crippen LogP contribution in [0.3, 0.4) is 0 Å². The minimum atomic E-state index is -3.66. The van der Waals surface area contributed by atoms with Crippen LogP contribution >= 0.6 is 7.82 Å². The molecule has 0 saturated carbocycles. The van der Waals surface area contributed by atoms with Gasteiger partial charge in [-0.25, -0.2) is 9.36 Å². The number of carbonyl (C=O) groups excluding carboxylic acids is 1. The molecule has 0 aliphatic carbocycles. The van der Waals surface area contributed by atoms with Crippen molar-refractivity contribution in [3.05, 3.63) is 35.4 Å². The highest BCUT2D eigenvalue weighted by Crippen LogP contribution is 2.48. The molecule has 0 saturated heterocycles. The average molecular weight is 314 g/mol. The van der Waals surface area contributed by atoms with Crippen LogP contribution in [0.4, 0.5) is 0 Å². The molecule has 0 aliphatic rings. The number of carbonyl (C=O) groups is 1. The molecule has 0 N–H and O–H groups in total. The van der Waals surface area contributed by atoms with Gasteiger partial charge >= 0.3 is 13.8 Å². The molecule has 0 fully saturated rings. The van der Waals surface area contributed by atoms with Gasteiger partial charge in [0.2, 0.25) is 0 Å². The summed E-state index contributed by atoms with van der Waals surface area (Å²) >= 11 is 0. The maximum Gasteiger partial charge on any atom is 0.529 e. The van der Waals surface area contributed by atoms with Gasteiger partial charge < -0.3 is 9.26 Å². The van der Waals surface area contributed by atoms with Crippen molar-refractivity contribution in [2.45, 2.75) is 13.8 Å². The van der Waals surface area contributed by atoms with Crippen molar-refractivity contribution in [1.29, 1.82) is 0 Å². The molecule has 0 amide bonds. The number of phosphoric acid groups is 1. The van der Waals surface area contributed by atoms with E-state index in [1.54, 1.807) is 19.1 Å². The molecule has 1 rings (SSSR count). The first-order valence-electron chi connectivity index (χ1n) is 6.30. The molecule has 0 atom stereocenters. The highest BCUT2D eigenvalue weighted by atomic mass is 31.2. The molecule has 116 valence electrons. The summed E-state index contributed by atoms with van der Waals surface area (Å²) in [6, 6.07) is 5.24. The fourth-order valence-corrected chi connectivity index (χ4v) is 2.17. The van der Waals surface area contributed by atoms with E-state index in [1.807, 2.05) is 13.0 Å². The second-order valence-electron chi connectivity index (χ2n) is 4.03. The van der Waals surface area contributed by atoms with Gasteiger partial charge in [0.1, 0.15) is 5.75 Å². The molecule has 1 aromatic rings. The summed E-state index contributed by atoms with van der Waals surface area (Å²) < 4.78 is 31.6. The lowest BCUT2D eigenvalue weighted by Crippen LogP contribution is -2.00. The lowest BCUT2D eigenvalue weighted by atomic mass is 10.1. The Morgan fingerprint density at radius 2 is 1.95 bits per heavy atom. The van der Waals surface area contributed by atoms with Gasteiger partial charge in [0, 0.05) is 25.9 Å². The number of ether oxygens (including phenoxy) is 1. The SMILES string of the molecule is CCOC(=O)/C=C/c1ccc(C)cc1OP(=O)(OC)OC. The second kappa shape index (κ2) is 7.98. The van der Waals surface area contributed by atoms with Gasteiger partial charge in [-0.1, -0.05) is 12.1 Å². The normalized spacial score (nSPS) is 11.6. The Morgan fingerprint density at radius 1 is 1.29 bits per heavy atom. The van der Waals surface area contributed by atoms with E-state index in [2.05, 4.69) is 0 Å².